The van der Waals surface area contributed by atoms with E-state index in [9.17, 15) is 0 Å². The Labute approximate surface area is 103 Å². The van der Waals surface area contributed by atoms with Crippen molar-refractivity contribution in [2.24, 2.45) is 0 Å². The van der Waals surface area contributed by atoms with E-state index in [1.807, 2.05) is 36.2 Å². The standard InChI is InChI=1S/C15H18N2/c1-12(13-8-4-3-5-9-13)17(2)15-11-7-6-10-14(15)16/h4,6-11H,1,3,5,16H2,2H3. The number of hydrogen-bond acceptors (Lipinski definition) is 2. The lowest BCUT2D eigenvalue weighted by Gasteiger charge is -2.24. The lowest BCUT2D eigenvalue weighted by atomic mass is 10.0. The molecule has 0 saturated carbocycles. The molecule has 0 amide bonds. The molecule has 2 heteroatoms. The molecule has 0 aliphatic heterocycles. The summed E-state index contributed by atoms with van der Waals surface area (Å²) in [7, 11) is 2.00. The molecule has 1 aromatic rings. The molecule has 0 spiro atoms. The van der Waals surface area contributed by atoms with Gasteiger partial charge in [0.05, 0.1) is 11.4 Å². The minimum absolute atomic E-state index is 0.775. The van der Waals surface area contributed by atoms with E-state index in [4.69, 9.17) is 5.73 Å². The minimum Gasteiger partial charge on any atom is -0.397 e. The quantitative estimate of drug-likeness (QED) is 0.799. The maximum absolute atomic E-state index is 5.97. The number of benzene rings is 1. The van der Waals surface area contributed by atoms with Crippen LogP contribution in [0.2, 0.25) is 0 Å². The molecule has 0 radical (unpaired) electrons. The van der Waals surface area contributed by atoms with E-state index in [-0.39, 0.29) is 0 Å². The first-order chi connectivity index (χ1) is 8.20. The van der Waals surface area contributed by atoms with E-state index >= 15 is 0 Å². The van der Waals surface area contributed by atoms with Crippen LogP contribution in [0.25, 0.3) is 0 Å². The molecule has 0 heterocycles. The summed E-state index contributed by atoms with van der Waals surface area (Å²) in [6.45, 7) is 4.15. The molecule has 2 N–H and O–H groups in total. The second-order valence-corrected chi connectivity index (χ2v) is 4.20. The van der Waals surface area contributed by atoms with Crippen molar-refractivity contribution in [2.45, 2.75) is 12.8 Å². The van der Waals surface area contributed by atoms with Crippen LogP contribution in [0.5, 0.6) is 0 Å². The Morgan fingerprint density at radius 2 is 2.06 bits per heavy atom. The van der Waals surface area contributed by atoms with Crippen molar-refractivity contribution in [1.29, 1.82) is 0 Å². The maximum atomic E-state index is 5.97. The Morgan fingerprint density at radius 1 is 1.29 bits per heavy atom. The molecule has 0 atom stereocenters. The summed E-state index contributed by atoms with van der Waals surface area (Å²) in [6, 6.07) is 7.84. The number of nitrogens with two attached hydrogens (primary N) is 1. The van der Waals surface area contributed by atoms with Crippen LogP contribution in [0, 0.1) is 0 Å². The average Bonchev–Trinajstić information content (AvgIpc) is 2.39. The SMILES string of the molecule is C=C(C1=CCCC=C1)N(C)c1ccccc1N. The summed E-state index contributed by atoms with van der Waals surface area (Å²) in [5, 5.41) is 0. The van der Waals surface area contributed by atoms with Crippen molar-refractivity contribution in [2.75, 3.05) is 17.7 Å². The van der Waals surface area contributed by atoms with E-state index in [1.54, 1.807) is 0 Å². The lowest BCUT2D eigenvalue weighted by Crippen LogP contribution is -2.18. The first kappa shape index (κ1) is 11.5. The zero-order chi connectivity index (χ0) is 12.3. The number of likely N-dealkylation sites (N-methyl/N-ethyl adjacent to an activating group) is 1. The fraction of sp³-hybridized carbons (Fsp3) is 0.200. The van der Waals surface area contributed by atoms with Gasteiger partial charge in [-0.3, -0.25) is 0 Å². The molecule has 17 heavy (non-hydrogen) atoms. The van der Waals surface area contributed by atoms with E-state index in [2.05, 4.69) is 24.8 Å². The molecular weight excluding hydrogens is 208 g/mol. The Balaban J connectivity index is 2.23. The normalized spacial score (nSPS) is 14.3. The topological polar surface area (TPSA) is 29.3 Å². The van der Waals surface area contributed by atoms with E-state index in [1.165, 1.54) is 5.57 Å². The zero-order valence-corrected chi connectivity index (χ0v) is 10.2. The predicted molar refractivity (Wildman–Crippen MR) is 74.9 cm³/mol. The van der Waals surface area contributed by atoms with Crippen LogP contribution in [-0.2, 0) is 0 Å². The van der Waals surface area contributed by atoms with Gasteiger partial charge >= 0.3 is 0 Å². The fourth-order valence-corrected chi connectivity index (χ4v) is 1.96. The minimum atomic E-state index is 0.775. The van der Waals surface area contributed by atoms with Crippen LogP contribution in [-0.4, -0.2) is 7.05 Å². The molecule has 2 nitrogen and oxygen atoms in total. The van der Waals surface area contributed by atoms with Crippen molar-refractivity contribution < 1.29 is 0 Å². The highest BCUT2D eigenvalue weighted by Gasteiger charge is 2.11. The monoisotopic (exact) mass is 226 g/mol. The van der Waals surface area contributed by atoms with Gasteiger partial charge in [-0.05, 0) is 30.5 Å². The van der Waals surface area contributed by atoms with Crippen molar-refractivity contribution in [3.05, 3.63) is 60.3 Å². The Hall–Kier alpha value is -1.96. The molecule has 0 aromatic heterocycles. The first-order valence-electron chi connectivity index (χ1n) is 5.84. The van der Waals surface area contributed by atoms with Crippen LogP contribution < -0.4 is 10.6 Å². The van der Waals surface area contributed by atoms with Gasteiger partial charge in [-0.25, -0.2) is 0 Å². The van der Waals surface area contributed by atoms with Crippen LogP contribution in [0.4, 0.5) is 11.4 Å². The van der Waals surface area contributed by atoms with Crippen molar-refractivity contribution in [1.82, 2.24) is 0 Å². The van der Waals surface area contributed by atoms with E-state index in [0.29, 0.717) is 0 Å². The van der Waals surface area contributed by atoms with Gasteiger partial charge in [-0.15, -0.1) is 0 Å². The summed E-state index contributed by atoms with van der Waals surface area (Å²) in [4.78, 5) is 2.04. The van der Waals surface area contributed by atoms with Crippen molar-refractivity contribution in [3.63, 3.8) is 0 Å². The summed E-state index contributed by atoms with van der Waals surface area (Å²) in [6.07, 6.45) is 8.74. The van der Waals surface area contributed by atoms with Gasteiger partial charge in [-0.2, -0.15) is 0 Å². The first-order valence-corrected chi connectivity index (χ1v) is 5.84. The molecule has 0 bridgehead atoms. The number of anilines is 2. The van der Waals surface area contributed by atoms with Gasteiger partial charge in [-0.1, -0.05) is 36.9 Å². The molecule has 0 unspecified atom stereocenters. The van der Waals surface area contributed by atoms with Gasteiger partial charge in [0.25, 0.3) is 0 Å². The molecule has 1 aliphatic rings. The van der Waals surface area contributed by atoms with Gasteiger partial charge in [0.1, 0.15) is 0 Å². The maximum Gasteiger partial charge on any atom is 0.0641 e. The van der Waals surface area contributed by atoms with Crippen LogP contribution >= 0.6 is 0 Å². The Kier molecular flexibility index (Phi) is 3.33. The Bertz CT molecular complexity index is 483. The summed E-state index contributed by atoms with van der Waals surface area (Å²) >= 11 is 0. The van der Waals surface area contributed by atoms with Gasteiger partial charge < -0.3 is 10.6 Å². The Morgan fingerprint density at radius 3 is 2.71 bits per heavy atom. The van der Waals surface area contributed by atoms with Crippen LogP contribution in [0.1, 0.15) is 12.8 Å². The van der Waals surface area contributed by atoms with Gasteiger partial charge in [0.15, 0.2) is 0 Å². The van der Waals surface area contributed by atoms with Crippen LogP contribution in [0.3, 0.4) is 0 Å². The van der Waals surface area contributed by atoms with E-state index < -0.39 is 0 Å². The molecule has 0 fully saturated rings. The highest BCUT2D eigenvalue weighted by Crippen LogP contribution is 2.28. The average molecular weight is 226 g/mol. The largest absolute Gasteiger partial charge is 0.397 e. The zero-order valence-electron chi connectivity index (χ0n) is 10.2. The lowest BCUT2D eigenvalue weighted by molar-refractivity contribution is 1.00. The molecule has 2 rings (SSSR count). The predicted octanol–water partition coefficient (Wildman–Crippen LogP) is 3.50. The molecular formula is C15H18N2. The van der Waals surface area contributed by atoms with Gasteiger partial charge in [0.2, 0.25) is 0 Å². The van der Waals surface area contributed by atoms with Crippen molar-refractivity contribution in [3.8, 4) is 0 Å². The number of nitrogens with zero attached hydrogens (tertiary/aromatic N) is 1. The smallest absolute Gasteiger partial charge is 0.0641 e. The fourth-order valence-electron chi connectivity index (χ4n) is 1.96. The summed E-state index contributed by atoms with van der Waals surface area (Å²) in [5.74, 6) is 0. The van der Waals surface area contributed by atoms with E-state index in [0.717, 1.165) is 29.9 Å². The number of nitrogen functional groups attached to an aromatic ring is 1. The third kappa shape index (κ3) is 2.41. The second kappa shape index (κ2) is 4.91. The molecule has 0 saturated heterocycles. The number of rotatable bonds is 3. The van der Waals surface area contributed by atoms with Crippen molar-refractivity contribution >= 4 is 11.4 Å². The summed E-state index contributed by atoms with van der Waals surface area (Å²) in [5.41, 5.74) is 9.91. The number of hydrogen-bond donors (Lipinski definition) is 1. The summed E-state index contributed by atoms with van der Waals surface area (Å²) < 4.78 is 0. The second-order valence-electron chi connectivity index (χ2n) is 4.20. The highest BCUT2D eigenvalue weighted by molar-refractivity contribution is 5.71. The number of para-hydroxylation sites is 2. The van der Waals surface area contributed by atoms with Gasteiger partial charge in [0, 0.05) is 12.7 Å². The molecule has 88 valence electrons. The number of allylic oxidation sites excluding steroid dienone is 3. The third-order valence-electron chi connectivity index (χ3n) is 3.03. The molecule has 1 aromatic carbocycles. The highest BCUT2D eigenvalue weighted by atomic mass is 15.1. The van der Waals surface area contributed by atoms with Crippen LogP contribution in [0.15, 0.2) is 60.3 Å². The molecule has 1 aliphatic carbocycles. The third-order valence-corrected chi connectivity index (χ3v) is 3.03.